The average Bonchev–Trinajstić information content (AvgIpc) is 3.19. The van der Waals surface area contributed by atoms with Crippen LogP contribution in [0.25, 0.3) is 0 Å². The molecule has 2 aliphatic heterocycles. The molecule has 0 spiro atoms. The van der Waals surface area contributed by atoms with Crippen LogP contribution >= 0.6 is 11.8 Å². The maximum absolute atomic E-state index is 13.0. The Morgan fingerprint density at radius 3 is 2.25 bits per heavy atom. The van der Waals surface area contributed by atoms with E-state index in [0.717, 1.165) is 0 Å². The molecule has 0 aromatic rings. The minimum Gasteiger partial charge on any atom is -0.480 e. The zero-order chi connectivity index (χ0) is 24.2. The van der Waals surface area contributed by atoms with Crippen LogP contribution in [0.4, 0.5) is 9.59 Å². The summed E-state index contributed by atoms with van der Waals surface area (Å²) in [7, 11) is 1.70. The molecule has 2 heterocycles. The zero-order valence-electron chi connectivity index (χ0n) is 19.8. The topological polar surface area (TPSA) is 119 Å². The van der Waals surface area contributed by atoms with Crippen LogP contribution in [-0.4, -0.2) is 99.3 Å². The highest BCUT2D eigenvalue weighted by Gasteiger charge is 2.40. The lowest BCUT2D eigenvalue weighted by Crippen LogP contribution is -2.57. The van der Waals surface area contributed by atoms with E-state index in [0.29, 0.717) is 37.6 Å². The van der Waals surface area contributed by atoms with E-state index in [-0.39, 0.29) is 30.0 Å². The van der Waals surface area contributed by atoms with E-state index in [1.807, 2.05) is 34.6 Å². The standard InChI is InChI=1S/C21H36N4O6S/c1-13(2)16(17(26)25-12-32-11-15(25)18(27)28)22-19(29)24-9-7-14(8-10-24)23(6)20(30)31-21(3,4)5/h13-16H,7-12H2,1-6H3,(H,22,29)(H,27,28)/t15-,16-/m0/s1. The van der Waals surface area contributed by atoms with Gasteiger partial charge in [0.25, 0.3) is 0 Å². The third-order valence-corrected chi connectivity index (χ3v) is 6.66. The van der Waals surface area contributed by atoms with Crippen molar-refractivity contribution in [1.29, 1.82) is 0 Å². The van der Waals surface area contributed by atoms with Crippen molar-refractivity contribution in [1.82, 2.24) is 20.0 Å². The third-order valence-electron chi connectivity index (χ3n) is 5.64. The monoisotopic (exact) mass is 472 g/mol. The fraction of sp³-hybridized carbons (Fsp3) is 0.810. The highest BCUT2D eigenvalue weighted by atomic mass is 32.2. The van der Waals surface area contributed by atoms with Gasteiger partial charge in [0.1, 0.15) is 17.7 Å². The van der Waals surface area contributed by atoms with Gasteiger partial charge in [-0.1, -0.05) is 13.8 Å². The van der Waals surface area contributed by atoms with Crippen LogP contribution < -0.4 is 5.32 Å². The van der Waals surface area contributed by atoms with Crippen LogP contribution in [0.15, 0.2) is 0 Å². The predicted molar refractivity (Wildman–Crippen MR) is 121 cm³/mol. The molecular weight excluding hydrogens is 436 g/mol. The number of likely N-dealkylation sites (tertiary alicyclic amines) is 1. The lowest BCUT2D eigenvalue weighted by Gasteiger charge is -2.38. The molecule has 2 fully saturated rings. The van der Waals surface area contributed by atoms with Gasteiger partial charge in [-0.3, -0.25) is 4.79 Å². The van der Waals surface area contributed by atoms with Crippen LogP contribution in [0, 0.1) is 5.92 Å². The van der Waals surface area contributed by atoms with Gasteiger partial charge in [-0.05, 0) is 39.5 Å². The molecule has 0 aliphatic carbocycles. The summed E-state index contributed by atoms with van der Waals surface area (Å²) in [5, 5.41) is 12.2. The summed E-state index contributed by atoms with van der Waals surface area (Å²) in [6, 6.07) is -2.06. The number of aliphatic carboxylic acids is 1. The fourth-order valence-electron chi connectivity index (χ4n) is 3.72. The second-order valence-corrected chi connectivity index (χ2v) is 10.6. The van der Waals surface area contributed by atoms with Crippen molar-refractivity contribution in [3.63, 3.8) is 0 Å². The number of nitrogens with one attached hydrogen (secondary N) is 1. The van der Waals surface area contributed by atoms with E-state index in [1.54, 1.807) is 16.8 Å². The van der Waals surface area contributed by atoms with E-state index in [4.69, 9.17) is 4.74 Å². The SMILES string of the molecule is CC(C)[C@H](NC(=O)N1CCC(N(C)C(=O)OC(C)(C)C)CC1)C(=O)N1CSC[C@H]1C(=O)O. The predicted octanol–water partition coefficient (Wildman–Crippen LogP) is 2.04. The Balaban J connectivity index is 1.93. The summed E-state index contributed by atoms with van der Waals surface area (Å²) >= 11 is 1.39. The van der Waals surface area contributed by atoms with Crippen molar-refractivity contribution in [3.8, 4) is 0 Å². The Labute approximate surface area is 194 Å². The highest BCUT2D eigenvalue weighted by molar-refractivity contribution is 7.99. The molecule has 2 saturated heterocycles. The van der Waals surface area contributed by atoms with Crippen LogP contribution in [0.5, 0.6) is 0 Å². The first kappa shape index (κ1) is 26.1. The maximum Gasteiger partial charge on any atom is 0.410 e. The molecule has 0 aromatic carbocycles. The molecule has 0 unspecified atom stereocenters. The molecule has 11 heteroatoms. The molecule has 2 atom stereocenters. The molecule has 2 rings (SSSR count). The molecular formula is C21H36N4O6S. The Morgan fingerprint density at radius 2 is 1.75 bits per heavy atom. The van der Waals surface area contributed by atoms with Gasteiger partial charge in [0.2, 0.25) is 5.91 Å². The smallest absolute Gasteiger partial charge is 0.410 e. The Morgan fingerprint density at radius 1 is 1.16 bits per heavy atom. The number of carboxylic acid groups (broad SMARTS) is 1. The summed E-state index contributed by atoms with van der Waals surface area (Å²) in [6.07, 6.45) is 0.822. The molecule has 32 heavy (non-hydrogen) atoms. The Bertz CT molecular complexity index is 718. The van der Waals surface area contributed by atoms with Crippen LogP contribution in [0.1, 0.15) is 47.5 Å². The second-order valence-electron chi connectivity index (χ2n) is 9.64. The van der Waals surface area contributed by atoms with Gasteiger partial charge in [-0.2, -0.15) is 0 Å². The van der Waals surface area contributed by atoms with E-state index in [9.17, 15) is 24.3 Å². The number of nitrogens with zero attached hydrogens (tertiary/aromatic N) is 3. The molecule has 0 bridgehead atoms. The maximum atomic E-state index is 13.0. The number of hydrogen-bond acceptors (Lipinski definition) is 6. The molecule has 2 aliphatic rings. The minimum atomic E-state index is -1.03. The Kier molecular flexibility index (Phi) is 8.67. The number of rotatable bonds is 5. The number of ether oxygens (including phenoxy) is 1. The minimum absolute atomic E-state index is 0.0330. The van der Waals surface area contributed by atoms with E-state index in [1.165, 1.54) is 16.7 Å². The van der Waals surface area contributed by atoms with Crippen molar-refractivity contribution in [3.05, 3.63) is 0 Å². The molecule has 2 N–H and O–H groups in total. The third kappa shape index (κ3) is 6.66. The summed E-state index contributed by atoms with van der Waals surface area (Å²) in [5.74, 6) is -0.948. The van der Waals surface area contributed by atoms with Crippen molar-refractivity contribution >= 4 is 35.8 Å². The van der Waals surface area contributed by atoms with Gasteiger partial charge in [0.15, 0.2) is 0 Å². The number of urea groups is 1. The second kappa shape index (κ2) is 10.6. The number of carboxylic acids is 1. The van der Waals surface area contributed by atoms with Gasteiger partial charge in [0, 0.05) is 31.9 Å². The fourth-order valence-corrected chi connectivity index (χ4v) is 4.88. The van der Waals surface area contributed by atoms with Crippen LogP contribution in [0.2, 0.25) is 0 Å². The first-order valence-corrected chi connectivity index (χ1v) is 12.1. The van der Waals surface area contributed by atoms with Gasteiger partial charge in [0.05, 0.1) is 5.88 Å². The van der Waals surface area contributed by atoms with Gasteiger partial charge < -0.3 is 29.9 Å². The zero-order valence-corrected chi connectivity index (χ0v) is 20.6. The van der Waals surface area contributed by atoms with E-state index >= 15 is 0 Å². The summed E-state index contributed by atoms with van der Waals surface area (Å²) in [4.78, 5) is 54.2. The number of carbonyl (C=O) groups is 4. The number of amides is 4. The van der Waals surface area contributed by atoms with Crippen molar-refractivity contribution in [2.45, 2.75) is 71.2 Å². The normalized spacial score (nSPS) is 20.8. The average molecular weight is 473 g/mol. The largest absolute Gasteiger partial charge is 0.480 e. The quantitative estimate of drug-likeness (QED) is 0.628. The molecule has 10 nitrogen and oxygen atoms in total. The first-order chi connectivity index (χ1) is 14.8. The summed E-state index contributed by atoms with van der Waals surface area (Å²) in [5.41, 5.74) is -0.572. The summed E-state index contributed by atoms with van der Waals surface area (Å²) in [6.45, 7) is 9.99. The molecule has 0 radical (unpaired) electrons. The highest BCUT2D eigenvalue weighted by Crippen LogP contribution is 2.24. The first-order valence-electron chi connectivity index (χ1n) is 10.9. The number of piperidine rings is 1. The van der Waals surface area contributed by atoms with Crippen molar-refractivity contribution < 1.29 is 29.0 Å². The Hall–Kier alpha value is -2.17. The van der Waals surface area contributed by atoms with E-state index < -0.39 is 23.7 Å². The van der Waals surface area contributed by atoms with Crippen LogP contribution in [0.3, 0.4) is 0 Å². The van der Waals surface area contributed by atoms with Crippen molar-refractivity contribution in [2.75, 3.05) is 31.8 Å². The van der Waals surface area contributed by atoms with E-state index in [2.05, 4.69) is 5.32 Å². The lowest BCUT2D eigenvalue weighted by atomic mass is 10.0. The summed E-state index contributed by atoms with van der Waals surface area (Å²) < 4.78 is 5.42. The van der Waals surface area contributed by atoms with Gasteiger partial charge >= 0.3 is 18.1 Å². The van der Waals surface area contributed by atoms with Crippen molar-refractivity contribution in [2.24, 2.45) is 5.92 Å². The number of thioether (sulfide) groups is 1. The number of hydrogen-bond donors (Lipinski definition) is 2. The van der Waals surface area contributed by atoms with Crippen LogP contribution in [-0.2, 0) is 14.3 Å². The molecule has 182 valence electrons. The lowest BCUT2D eigenvalue weighted by molar-refractivity contribution is -0.148. The molecule has 4 amide bonds. The molecule has 0 saturated carbocycles. The van der Waals surface area contributed by atoms with Gasteiger partial charge in [-0.15, -0.1) is 11.8 Å². The van der Waals surface area contributed by atoms with Gasteiger partial charge in [-0.25, -0.2) is 14.4 Å². The molecule has 0 aromatic heterocycles. The number of carbonyl (C=O) groups excluding carboxylic acids is 3.